The first-order valence-electron chi connectivity index (χ1n) is 6.38. The minimum absolute atomic E-state index is 0.0106. The molecule has 2 heterocycles. The molecular weight excluding hydrogens is 246 g/mol. The van der Waals surface area contributed by atoms with E-state index >= 15 is 0 Å². The highest BCUT2D eigenvalue weighted by Crippen LogP contribution is 2.14. The second-order valence-electron chi connectivity index (χ2n) is 4.57. The standard InChI is InChI=1S/C13H17N3O3/c1-2-16-8-10(4-6-12(16)18)15-13(19)9-3-5-11(17)14-7-9/h4,6,8-9H,2-3,5,7H2,1H3,(H,14,17)(H,15,19). The summed E-state index contributed by atoms with van der Waals surface area (Å²) in [6.07, 6.45) is 2.57. The van der Waals surface area contributed by atoms with Gasteiger partial charge in [-0.1, -0.05) is 0 Å². The third kappa shape index (κ3) is 3.21. The molecule has 1 aliphatic rings. The van der Waals surface area contributed by atoms with Gasteiger partial charge >= 0.3 is 0 Å². The molecule has 19 heavy (non-hydrogen) atoms. The van der Waals surface area contributed by atoms with Crippen LogP contribution in [0.25, 0.3) is 0 Å². The van der Waals surface area contributed by atoms with Crippen LogP contribution in [0.4, 0.5) is 5.69 Å². The topological polar surface area (TPSA) is 80.2 Å². The number of pyridine rings is 1. The summed E-state index contributed by atoms with van der Waals surface area (Å²) in [5.74, 6) is -0.343. The molecule has 6 heteroatoms. The zero-order chi connectivity index (χ0) is 13.8. The van der Waals surface area contributed by atoms with Gasteiger partial charge in [-0.25, -0.2) is 0 Å². The van der Waals surface area contributed by atoms with Crippen molar-refractivity contribution in [3.05, 3.63) is 28.7 Å². The normalized spacial score (nSPS) is 18.8. The highest BCUT2D eigenvalue weighted by atomic mass is 16.2. The van der Waals surface area contributed by atoms with Gasteiger partial charge in [-0.05, 0) is 19.4 Å². The molecule has 0 spiro atoms. The first kappa shape index (κ1) is 13.3. The lowest BCUT2D eigenvalue weighted by Crippen LogP contribution is -2.40. The summed E-state index contributed by atoms with van der Waals surface area (Å²) >= 11 is 0. The van der Waals surface area contributed by atoms with E-state index in [1.807, 2.05) is 6.92 Å². The van der Waals surface area contributed by atoms with Gasteiger partial charge in [0.05, 0.1) is 11.6 Å². The maximum atomic E-state index is 12.0. The number of hydrogen-bond acceptors (Lipinski definition) is 3. The summed E-state index contributed by atoms with van der Waals surface area (Å²) in [5.41, 5.74) is 0.508. The maximum absolute atomic E-state index is 12.0. The van der Waals surface area contributed by atoms with Crippen molar-refractivity contribution in [2.75, 3.05) is 11.9 Å². The molecule has 1 fully saturated rings. The lowest BCUT2D eigenvalue weighted by atomic mass is 9.98. The van der Waals surface area contributed by atoms with E-state index in [-0.39, 0.29) is 23.3 Å². The molecule has 1 saturated heterocycles. The molecule has 1 aromatic heterocycles. The molecule has 0 bridgehead atoms. The summed E-state index contributed by atoms with van der Waals surface area (Å²) in [5, 5.41) is 5.45. The fraction of sp³-hybridized carbons (Fsp3) is 0.462. The molecule has 1 unspecified atom stereocenters. The Kier molecular flexibility index (Phi) is 3.99. The summed E-state index contributed by atoms with van der Waals surface area (Å²) in [7, 11) is 0. The molecule has 2 amide bonds. The number of hydrogen-bond donors (Lipinski definition) is 2. The number of rotatable bonds is 3. The molecule has 1 aromatic rings. The quantitative estimate of drug-likeness (QED) is 0.825. The van der Waals surface area contributed by atoms with Crippen molar-refractivity contribution < 1.29 is 9.59 Å². The van der Waals surface area contributed by atoms with Crippen LogP contribution in [0.1, 0.15) is 19.8 Å². The van der Waals surface area contributed by atoms with E-state index < -0.39 is 0 Å². The fourth-order valence-corrected chi connectivity index (χ4v) is 2.05. The molecule has 6 nitrogen and oxygen atoms in total. The lowest BCUT2D eigenvalue weighted by Gasteiger charge is -2.21. The molecule has 0 radical (unpaired) electrons. The number of carbonyl (C=O) groups is 2. The molecule has 102 valence electrons. The van der Waals surface area contributed by atoms with Crippen LogP contribution in [0.15, 0.2) is 23.1 Å². The monoisotopic (exact) mass is 263 g/mol. The molecule has 0 saturated carbocycles. The molecule has 0 aliphatic carbocycles. The Morgan fingerprint density at radius 2 is 2.26 bits per heavy atom. The summed E-state index contributed by atoms with van der Waals surface area (Å²) in [6, 6.07) is 3.02. The van der Waals surface area contributed by atoms with Crippen molar-refractivity contribution in [2.24, 2.45) is 5.92 Å². The predicted molar refractivity (Wildman–Crippen MR) is 70.7 cm³/mol. The zero-order valence-electron chi connectivity index (χ0n) is 10.8. The number of piperidine rings is 1. The van der Waals surface area contributed by atoms with E-state index in [1.54, 1.807) is 12.3 Å². The van der Waals surface area contributed by atoms with E-state index in [1.165, 1.54) is 10.6 Å². The first-order valence-corrected chi connectivity index (χ1v) is 6.38. The van der Waals surface area contributed by atoms with Crippen LogP contribution in [0.3, 0.4) is 0 Å². The highest BCUT2D eigenvalue weighted by Gasteiger charge is 2.24. The molecular formula is C13H17N3O3. The molecule has 2 N–H and O–H groups in total. The minimum atomic E-state index is -0.209. The third-order valence-corrected chi connectivity index (χ3v) is 3.23. The van der Waals surface area contributed by atoms with Crippen LogP contribution in [0, 0.1) is 5.92 Å². The van der Waals surface area contributed by atoms with Crippen LogP contribution in [0.5, 0.6) is 0 Å². The Morgan fingerprint density at radius 3 is 2.89 bits per heavy atom. The Morgan fingerprint density at radius 1 is 1.47 bits per heavy atom. The van der Waals surface area contributed by atoms with Gasteiger partial charge in [-0.2, -0.15) is 0 Å². The molecule has 0 aromatic carbocycles. The number of anilines is 1. The highest BCUT2D eigenvalue weighted by molar-refractivity contribution is 5.93. The number of aromatic nitrogens is 1. The maximum Gasteiger partial charge on any atom is 0.250 e. The van der Waals surface area contributed by atoms with E-state index in [9.17, 15) is 14.4 Å². The second kappa shape index (κ2) is 5.69. The summed E-state index contributed by atoms with van der Waals surface area (Å²) in [6.45, 7) is 2.80. The number of aryl methyl sites for hydroxylation is 1. The number of carbonyl (C=O) groups excluding carboxylic acids is 2. The van der Waals surface area contributed by atoms with Crippen molar-refractivity contribution in [3.63, 3.8) is 0 Å². The predicted octanol–water partition coefficient (Wildman–Crippen LogP) is 0.333. The average Bonchev–Trinajstić information content (AvgIpc) is 2.41. The Labute approximate surface area is 110 Å². The first-order chi connectivity index (χ1) is 9.10. The minimum Gasteiger partial charge on any atom is -0.355 e. The van der Waals surface area contributed by atoms with Gasteiger partial charge in [0.15, 0.2) is 0 Å². The number of nitrogens with one attached hydrogen (secondary N) is 2. The van der Waals surface area contributed by atoms with E-state index in [4.69, 9.17) is 0 Å². The summed E-state index contributed by atoms with van der Waals surface area (Å²) in [4.78, 5) is 34.5. The Hall–Kier alpha value is -2.11. The number of amides is 2. The van der Waals surface area contributed by atoms with Crippen molar-refractivity contribution in [1.29, 1.82) is 0 Å². The molecule has 1 aliphatic heterocycles. The van der Waals surface area contributed by atoms with Gasteiger partial charge in [0.1, 0.15) is 0 Å². The van der Waals surface area contributed by atoms with Crippen molar-refractivity contribution in [2.45, 2.75) is 26.3 Å². The van der Waals surface area contributed by atoms with Crippen molar-refractivity contribution in [3.8, 4) is 0 Å². The number of nitrogens with zero attached hydrogens (tertiary/aromatic N) is 1. The van der Waals surface area contributed by atoms with Crippen molar-refractivity contribution in [1.82, 2.24) is 9.88 Å². The van der Waals surface area contributed by atoms with Gasteiger partial charge in [0, 0.05) is 31.8 Å². The Balaban J connectivity index is 2.02. The molecule has 1 atom stereocenters. The van der Waals surface area contributed by atoms with E-state index in [0.29, 0.717) is 31.6 Å². The van der Waals surface area contributed by atoms with Gasteiger partial charge < -0.3 is 15.2 Å². The smallest absolute Gasteiger partial charge is 0.250 e. The average molecular weight is 263 g/mol. The molecule has 2 rings (SSSR count). The fourth-order valence-electron chi connectivity index (χ4n) is 2.05. The van der Waals surface area contributed by atoms with Crippen molar-refractivity contribution >= 4 is 17.5 Å². The van der Waals surface area contributed by atoms with Crippen LogP contribution < -0.4 is 16.2 Å². The van der Waals surface area contributed by atoms with Crippen LogP contribution in [0.2, 0.25) is 0 Å². The lowest BCUT2D eigenvalue weighted by molar-refractivity contribution is -0.126. The van der Waals surface area contributed by atoms with Gasteiger partial charge in [0.2, 0.25) is 11.8 Å². The zero-order valence-corrected chi connectivity index (χ0v) is 10.8. The van der Waals surface area contributed by atoms with E-state index in [0.717, 1.165) is 0 Å². The SMILES string of the molecule is CCn1cc(NC(=O)C2CCC(=O)NC2)ccc1=O. The van der Waals surface area contributed by atoms with Crippen LogP contribution in [-0.2, 0) is 16.1 Å². The second-order valence-corrected chi connectivity index (χ2v) is 4.57. The van der Waals surface area contributed by atoms with Crippen LogP contribution in [-0.4, -0.2) is 22.9 Å². The van der Waals surface area contributed by atoms with Crippen LogP contribution >= 0.6 is 0 Å². The van der Waals surface area contributed by atoms with Gasteiger partial charge in [0.25, 0.3) is 5.56 Å². The third-order valence-electron chi connectivity index (χ3n) is 3.23. The van der Waals surface area contributed by atoms with Gasteiger partial charge in [-0.15, -0.1) is 0 Å². The Bertz CT molecular complexity index is 540. The largest absolute Gasteiger partial charge is 0.355 e. The van der Waals surface area contributed by atoms with E-state index in [2.05, 4.69) is 10.6 Å². The van der Waals surface area contributed by atoms with Gasteiger partial charge in [-0.3, -0.25) is 14.4 Å². The summed E-state index contributed by atoms with van der Waals surface area (Å²) < 4.78 is 1.53.